The second kappa shape index (κ2) is 4.38. The van der Waals surface area contributed by atoms with Crippen molar-refractivity contribution in [1.82, 2.24) is 5.32 Å². The first kappa shape index (κ1) is 12.7. The molecule has 2 atom stereocenters. The largest absolute Gasteiger partial charge is 0.384 e. The molecular weight excluding hydrogens is 269 g/mol. The summed E-state index contributed by atoms with van der Waals surface area (Å²) >= 11 is 12.2. The summed E-state index contributed by atoms with van der Waals surface area (Å²) in [5.74, 6) is 0. The first-order chi connectivity index (χ1) is 8.63. The highest BCUT2D eigenvalue weighted by molar-refractivity contribution is 6.42. The van der Waals surface area contributed by atoms with E-state index >= 15 is 0 Å². The van der Waals surface area contributed by atoms with E-state index in [9.17, 15) is 0 Å². The Morgan fingerprint density at radius 2 is 2.17 bits per heavy atom. The molecular formula is C14H17Cl2NO. The van der Waals surface area contributed by atoms with Gasteiger partial charge in [0.25, 0.3) is 0 Å². The van der Waals surface area contributed by atoms with Crippen LogP contribution in [0.25, 0.3) is 0 Å². The van der Waals surface area contributed by atoms with E-state index in [1.54, 1.807) is 7.11 Å². The van der Waals surface area contributed by atoms with Gasteiger partial charge in [0.05, 0.1) is 16.7 Å². The van der Waals surface area contributed by atoms with E-state index in [-0.39, 0.29) is 10.8 Å². The van der Waals surface area contributed by atoms with Gasteiger partial charge in [0.1, 0.15) is 0 Å². The number of ether oxygens (including phenoxy) is 1. The third kappa shape index (κ3) is 1.70. The first-order valence-electron chi connectivity index (χ1n) is 6.29. The average Bonchev–Trinajstić information content (AvgIpc) is 3.03. The van der Waals surface area contributed by atoms with Crippen LogP contribution in [0.5, 0.6) is 0 Å². The zero-order valence-corrected chi connectivity index (χ0v) is 11.9. The Labute approximate surface area is 118 Å². The lowest BCUT2D eigenvalue weighted by Gasteiger charge is -2.31. The minimum absolute atomic E-state index is 0.239. The molecule has 0 amide bonds. The van der Waals surface area contributed by atoms with Crippen LogP contribution in [0.3, 0.4) is 0 Å². The Morgan fingerprint density at radius 1 is 1.33 bits per heavy atom. The van der Waals surface area contributed by atoms with Gasteiger partial charge in [-0.15, -0.1) is 0 Å². The Balaban J connectivity index is 1.97. The van der Waals surface area contributed by atoms with Gasteiger partial charge in [-0.3, -0.25) is 0 Å². The zero-order valence-electron chi connectivity index (χ0n) is 10.4. The molecule has 1 saturated heterocycles. The van der Waals surface area contributed by atoms with Crippen molar-refractivity contribution in [2.24, 2.45) is 5.41 Å². The molecule has 98 valence electrons. The number of hydrogen-bond acceptors (Lipinski definition) is 2. The van der Waals surface area contributed by atoms with Gasteiger partial charge in [-0.05, 0) is 37.1 Å². The minimum atomic E-state index is 0.239. The summed E-state index contributed by atoms with van der Waals surface area (Å²) in [6.07, 6.45) is 2.33. The molecule has 1 N–H and O–H groups in total. The molecule has 1 aliphatic heterocycles. The summed E-state index contributed by atoms with van der Waals surface area (Å²) in [5.41, 5.74) is 1.80. The summed E-state index contributed by atoms with van der Waals surface area (Å²) < 4.78 is 5.43. The fraction of sp³-hybridized carbons (Fsp3) is 0.571. The van der Waals surface area contributed by atoms with E-state index in [1.165, 1.54) is 12.0 Å². The van der Waals surface area contributed by atoms with Crippen molar-refractivity contribution >= 4 is 23.2 Å². The van der Waals surface area contributed by atoms with Crippen molar-refractivity contribution < 1.29 is 4.74 Å². The number of rotatable bonds is 3. The van der Waals surface area contributed by atoms with Gasteiger partial charge >= 0.3 is 0 Å². The minimum Gasteiger partial charge on any atom is -0.384 e. The number of fused-ring (bicyclic) bond motifs is 1. The number of piperidine rings is 1. The highest BCUT2D eigenvalue weighted by atomic mass is 35.5. The van der Waals surface area contributed by atoms with E-state index < -0.39 is 0 Å². The van der Waals surface area contributed by atoms with E-state index in [4.69, 9.17) is 27.9 Å². The van der Waals surface area contributed by atoms with Gasteiger partial charge in [-0.2, -0.15) is 0 Å². The van der Waals surface area contributed by atoms with E-state index in [2.05, 4.69) is 11.4 Å². The van der Waals surface area contributed by atoms with Crippen molar-refractivity contribution in [1.29, 1.82) is 0 Å². The molecule has 1 saturated carbocycles. The maximum atomic E-state index is 6.16. The van der Waals surface area contributed by atoms with Crippen LogP contribution in [-0.2, 0) is 10.2 Å². The molecule has 0 radical (unpaired) electrons. The molecule has 1 aromatic rings. The predicted octanol–water partition coefficient (Wildman–Crippen LogP) is 3.26. The highest BCUT2D eigenvalue weighted by Gasteiger charge is 2.68. The van der Waals surface area contributed by atoms with Crippen LogP contribution in [-0.4, -0.2) is 26.8 Å². The number of benzene rings is 1. The van der Waals surface area contributed by atoms with Crippen molar-refractivity contribution in [3.05, 3.63) is 33.8 Å². The average molecular weight is 286 g/mol. The van der Waals surface area contributed by atoms with Gasteiger partial charge in [-0.1, -0.05) is 29.3 Å². The molecule has 1 aromatic carbocycles. The second-order valence-electron chi connectivity index (χ2n) is 5.53. The maximum absolute atomic E-state index is 6.16. The fourth-order valence-electron chi connectivity index (χ4n) is 3.61. The van der Waals surface area contributed by atoms with Gasteiger partial charge in [-0.25, -0.2) is 0 Å². The fourth-order valence-corrected chi connectivity index (χ4v) is 3.91. The van der Waals surface area contributed by atoms with Gasteiger partial charge in [0.15, 0.2) is 0 Å². The number of halogens is 2. The van der Waals surface area contributed by atoms with Crippen LogP contribution in [0.1, 0.15) is 18.4 Å². The van der Waals surface area contributed by atoms with Gasteiger partial charge in [0, 0.05) is 24.5 Å². The molecule has 2 fully saturated rings. The summed E-state index contributed by atoms with van der Waals surface area (Å²) in [6.45, 7) is 2.90. The van der Waals surface area contributed by atoms with Crippen LogP contribution in [0.4, 0.5) is 0 Å². The van der Waals surface area contributed by atoms with Crippen LogP contribution in [0, 0.1) is 5.41 Å². The molecule has 2 aliphatic rings. The molecule has 0 spiro atoms. The standard InChI is InChI=1S/C14H17Cl2NO/c1-18-9-13-7-14(13,4-5-17-8-13)10-2-3-11(15)12(16)6-10/h2-3,6,17H,4-5,7-9H2,1H3/t13?,14-/m1/s1. The van der Waals surface area contributed by atoms with Crippen LogP contribution in [0.15, 0.2) is 18.2 Å². The van der Waals surface area contributed by atoms with Crippen molar-refractivity contribution in [2.45, 2.75) is 18.3 Å². The van der Waals surface area contributed by atoms with Crippen LogP contribution in [0.2, 0.25) is 10.0 Å². The molecule has 2 nitrogen and oxygen atoms in total. The maximum Gasteiger partial charge on any atom is 0.0595 e. The topological polar surface area (TPSA) is 21.3 Å². The summed E-state index contributed by atoms with van der Waals surface area (Å²) in [5, 5.41) is 4.76. The van der Waals surface area contributed by atoms with Crippen LogP contribution < -0.4 is 5.32 Å². The predicted molar refractivity (Wildman–Crippen MR) is 74.6 cm³/mol. The Kier molecular flexibility index (Phi) is 3.10. The molecule has 4 heteroatoms. The molecule has 0 bridgehead atoms. The normalized spacial score (nSPS) is 34.2. The Hall–Kier alpha value is -0.280. The smallest absolute Gasteiger partial charge is 0.0595 e. The molecule has 1 heterocycles. The molecule has 1 aliphatic carbocycles. The molecule has 1 unspecified atom stereocenters. The van der Waals surface area contributed by atoms with Gasteiger partial charge in [0.2, 0.25) is 0 Å². The quantitative estimate of drug-likeness (QED) is 0.921. The van der Waals surface area contributed by atoms with Crippen molar-refractivity contribution in [3.8, 4) is 0 Å². The third-order valence-electron chi connectivity index (χ3n) is 4.62. The zero-order chi connectivity index (χ0) is 12.8. The van der Waals surface area contributed by atoms with Gasteiger partial charge < -0.3 is 10.1 Å². The Bertz CT molecular complexity index is 475. The third-order valence-corrected chi connectivity index (χ3v) is 5.35. The van der Waals surface area contributed by atoms with E-state index in [1.807, 2.05) is 12.1 Å². The van der Waals surface area contributed by atoms with Crippen LogP contribution >= 0.6 is 23.2 Å². The lowest BCUT2D eigenvalue weighted by atomic mass is 9.81. The molecule has 3 rings (SSSR count). The second-order valence-corrected chi connectivity index (χ2v) is 6.34. The first-order valence-corrected chi connectivity index (χ1v) is 7.04. The monoisotopic (exact) mass is 285 g/mol. The summed E-state index contributed by atoms with van der Waals surface area (Å²) in [7, 11) is 1.78. The highest BCUT2D eigenvalue weighted by Crippen LogP contribution is 2.67. The van der Waals surface area contributed by atoms with Crippen molar-refractivity contribution in [3.63, 3.8) is 0 Å². The Morgan fingerprint density at radius 3 is 2.89 bits per heavy atom. The number of nitrogens with one attached hydrogen (secondary N) is 1. The molecule has 18 heavy (non-hydrogen) atoms. The lowest BCUT2D eigenvalue weighted by Crippen LogP contribution is -2.40. The number of methoxy groups -OCH3 is 1. The summed E-state index contributed by atoms with van der Waals surface area (Å²) in [6, 6.07) is 6.06. The van der Waals surface area contributed by atoms with E-state index in [0.717, 1.165) is 26.1 Å². The van der Waals surface area contributed by atoms with Crippen molar-refractivity contribution in [2.75, 3.05) is 26.8 Å². The SMILES string of the molecule is COCC12CNCC[C@]1(c1ccc(Cl)c(Cl)c1)C2. The van der Waals surface area contributed by atoms with E-state index in [0.29, 0.717) is 10.0 Å². The molecule has 0 aromatic heterocycles. The summed E-state index contributed by atoms with van der Waals surface area (Å²) in [4.78, 5) is 0. The lowest BCUT2D eigenvalue weighted by molar-refractivity contribution is 0.116. The number of hydrogen-bond donors (Lipinski definition) is 1.